The van der Waals surface area contributed by atoms with Crippen LogP contribution in [0.5, 0.6) is 5.75 Å². The second kappa shape index (κ2) is 6.20. The fourth-order valence-electron chi connectivity index (χ4n) is 1.77. The van der Waals surface area contributed by atoms with Gasteiger partial charge in [0.2, 0.25) is 0 Å². The van der Waals surface area contributed by atoms with E-state index in [0.717, 1.165) is 30.9 Å². The van der Waals surface area contributed by atoms with Crippen LogP contribution in [0.25, 0.3) is 0 Å². The molecule has 0 radical (unpaired) electrons. The van der Waals surface area contributed by atoms with Crippen LogP contribution < -0.4 is 16.2 Å². The predicted octanol–water partition coefficient (Wildman–Crippen LogP) is 0.270. The lowest BCUT2D eigenvalue weighted by atomic mass is 10.1. The number of nitrogens with two attached hydrogens (primary N) is 2. The van der Waals surface area contributed by atoms with Crippen molar-refractivity contribution in [3.8, 4) is 5.75 Å². The van der Waals surface area contributed by atoms with E-state index >= 15 is 0 Å². The molecule has 1 saturated heterocycles. The van der Waals surface area contributed by atoms with E-state index < -0.39 is 0 Å². The Hall–Kier alpha value is -1.82. The van der Waals surface area contributed by atoms with Crippen molar-refractivity contribution in [2.75, 3.05) is 19.8 Å². The van der Waals surface area contributed by atoms with Gasteiger partial charge in [0.15, 0.2) is 5.96 Å². The fourth-order valence-corrected chi connectivity index (χ4v) is 1.77. The van der Waals surface area contributed by atoms with Crippen LogP contribution in [0.1, 0.15) is 12.0 Å². The van der Waals surface area contributed by atoms with Crippen LogP contribution in [0.4, 0.5) is 0 Å². The Bertz CT molecular complexity index is 412. The van der Waals surface area contributed by atoms with Crippen LogP contribution in [-0.2, 0) is 11.3 Å². The van der Waals surface area contributed by atoms with Crippen LogP contribution in [-0.4, -0.2) is 30.8 Å². The van der Waals surface area contributed by atoms with Gasteiger partial charge >= 0.3 is 0 Å². The Morgan fingerprint density at radius 3 is 3.17 bits per heavy atom. The van der Waals surface area contributed by atoms with Crippen molar-refractivity contribution in [3.63, 3.8) is 0 Å². The van der Waals surface area contributed by atoms with Crippen LogP contribution in [0.15, 0.2) is 23.5 Å². The molecule has 0 amide bonds. The zero-order chi connectivity index (χ0) is 12.8. The van der Waals surface area contributed by atoms with E-state index in [-0.39, 0.29) is 5.96 Å². The Kier molecular flexibility index (Phi) is 4.35. The minimum atomic E-state index is 0.0713. The molecule has 98 valence electrons. The largest absolute Gasteiger partial charge is 0.491 e. The minimum absolute atomic E-state index is 0.0713. The summed E-state index contributed by atoms with van der Waals surface area (Å²) in [6, 6.07) is 1.85. The average molecular weight is 250 g/mol. The molecule has 4 N–H and O–H groups in total. The number of nitrogens with zero attached hydrogens (tertiary/aromatic N) is 2. The van der Waals surface area contributed by atoms with Gasteiger partial charge in [-0.1, -0.05) is 0 Å². The van der Waals surface area contributed by atoms with E-state index in [0.29, 0.717) is 19.1 Å². The van der Waals surface area contributed by atoms with Crippen molar-refractivity contribution >= 4 is 5.96 Å². The standard InChI is InChI=1S/C12H18N4O2/c13-12(14)16-5-10-1-3-15-6-11(10)18-8-9-2-4-17-7-9/h1,3,6,9H,2,4-5,7-8H2,(H4,13,14,16). The normalized spacial score (nSPS) is 18.6. The molecule has 0 saturated carbocycles. The Labute approximate surface area is 106 Å². The van der Waals surface area contributed by atoms with E-state index in [1.54, 1.807) is 12.4 Å². The molecule has 6 nitrogen and oxygen atoms in total. The average Bonchev–Trinajstić information content (AvgIpc) is 2.88. The first kappa shape index (κ1) is 12.6. The molecular weight excluding hydrogens is 232 g/mol. The van der Waals surface area contributed by atoms with Gasteiger partial charge in [-0.15, -0.1) is 0 Å². The molecule has 1 aliphatic heterocycles. The molecule has 18 heavy (non-hydrogen) atoms. The quantitative estimate of drug-likeness (QED) is 0.577. The van der Waals surface area contributed by atoms with E-state index in [1.165, 1.54) is 0 Å². The van der Waals surface area contributed by atoms with E-state index in [9.17, 15) is 0 Å². The molecule has 0 aromatic carbocycles. The van der Waals surface area contributed by atoms with Crippen LogP contribution >= 0.6 is 0 Å². The maximum atomic E-state index is 5.76. The number of guanidine groups is 1. The summed E-state index contributed by atoms with van der Waals surface area (Å²) in [5, 5.41) is 0. The summed E-state index contributed by atoms with van der Waals surface area (Å²) in [5.41, 5.74) is 11.6. The Balaban J connectivity index is 1.95. The summed E-state index contributed by atoms with van der Waals surface area (Å²) in [5.74, 6) is 1.26. The number of aliphatic imine (C=N–C) groups is 1. The molecule has 0 aliphatic carbocycles. The zero-order valence-corrected chi connectivity index (χ0v) is 10.2. The highest BCUT2D eigenvalue weighted by atomic mass is 16.5. The van der Waals surface area contributed by atoms with Gasteiger partial charge in [-0.2, -0.15) is 0 Å². The fraction of sp³-hybridized carbons (Fsp3) is 0.500. The third-order valence-corrected chi connectivity index (χ3v) is 2.80. The monoisotopic (exact) mass is 250 g/mol. The van der Waals surface area contributed by atoms with Crippen molar-refractivity contribution in [1.29, 1.82) is 0 Å². The molecular formula is C12H18N4O2. The smallest absolute Gasteiger partial charge is 0.186 e. The third kappa shape index (κ3) is 3.59. The van der Waals surface area contributed by atoms with Crippen LogP contribution in [0.2, 0.25) is 0 Å². The number of hydrogen-bond donors (Lipinski definition) is 2. The Morgan fingerprint density at radius 2 is 2.44 bits per heavy atom. The summed E-state index contributed by atoms with van der Waals surface area (Å²) in [6.07, 6.45) is 4.43. The zero-order valence-electron chi connectivity index (χ0n) is 10.2. The molecule has 0 spiro atoms. The molecule has 1 aromatic rings. The molecule has 2 heterocycles. The summed E-state index contributed by atoms with van der Waals surface area (Å²) in [4.78, 5) is 8.03. The number of pyridine rings is 1. The summed E-state index contributed by atoms with van der Waals surface area (Å²) in [6.45, 7) is 2.63. The highest BCUT2D eigenvalue weighted by molar-refractivity contribution is 5.75. The van der Waals surface area contributed by atoms with E-state index in [1.807, 2.05) is 6.07 Å². The Morgan fingerprint density at radius 1 is 1.56 bits per heavy atom. The summed E-state index contributed by atoms with van der Waals surface area (Å²) in [7, 11) is 0. The van der Waals surface area contributed by atoms with Gasteiger partial charge in [0.25, 0.3) is 0 Å². The molecule has 1 unspecified atom stereocenters. The van der Waals surface area contributed by atoms with Crippen molar-refractivity contribution < 1.29 is 9.47 Å². The van der Waals surface area contributed by atoms with Gasteiger partial charge in [0.05, 0.1) is 26.0 Å². The highest BCUT2D eigenvalue weighted by Crippen LogP contribution is 2.20. The molecule has 1 aromatic heterocycles. The number of hydrogen-bond acceptors (Lipinski definition) is 4. The van der Waals surface area contributed by atoms with Crippen molar-refractivity contribution in [2.24, 2.45) is 22.4 Å². The molecule has 1 aliphatic rings. The summed E-state index contributed by atoms with van der Waals surface area (Å²) >= 11 is 0. The van der Waals surface area contributed by atoms with Gasteiger partial charge in [-0.3, -0.25) is 4.98 Å². The lowest BCUT2D eigenvalue weighted by Crippen LogP contribution is -2.22. The molecule has 1 fully saturated rings. The highest BCUT2D eigenvalue weighted by Gasteiger charge is 2.16. The predicted molar refractivity (Wildman–Crippen MR) is 68.2 cm³/mol. The van der Waals surface area contributed by atoms with Crippen molar-refractivity contribution in [2.45, 2.75) is 13.0 Å². The lowest BCUT2D eigenvalue weighted by molar-refractivity contribution is 0.166. The first-order valence-corrected chi connectivity index (χ1v) is 5.94. The van der Waals surface area contributed by atoms with Gasteiger partial charge < -0.3 is 20.9 Å². The van der Waals surface area contributed by atoms with E-state index in [4.69, 9.17) is 20.9 Å². The van der Waals surface area contributed by atoms with Crippen LogP contribution in [0.3, 0.4) is 0 Å². The lowest BCUT2D eigenvalue weighted by Gasteiger charge is -2.12. The first-order chi connectivity index (χ1) is 8.75. The maximum Gasteiger partial charge on any atom is 0.186 e. The van der Waals surface area contributed by atoms with Gasteiger partial charge in [-0.25, -0.2) is 4.99 Å². The van der Waals surface area contributed by atoms with Crippen molar-refractivity contribution in [1.82, 2.24) is 4.98 Å². The number of rotatable bonds is 5. The molecule has 6 heteroatoms. The second-order valence-corrected chi connectivity index (χ2v) is 4.27. The minimum Gasteiger partial charge on any atom is -0.491 e. The SMILES string of the molecule is NC(N)=NCc1ccncc1OCC1CCOC1. The molecule has 0 bridgehead atoms. The number of ether oxygens (including phenoxy) is 2. The summed E-state index contributed by atoms with van der Waals surface area (Å²) < 4.78 is 11.1. The maximum absolute atomic E-state index is 5.76. The topological polar surface area (TPSA) is 95.8 Å². The molecule has 1 atom stereocenters. The van der Waals surface area contributed by atoms with Gasteiger partial charge in [-0.05, 0) is 12.5 Å². The van der Waals surface area contributed by atoms with E-state index in [2.05, 4.69) is 9.98 Å². The van der Waals surface area contributed by atoms with Crippen LogP contribution in [0, 0.1) is 5.92 Å². The number of aromatic nitrogens is 1. The first-order valence-electron chi connectivity index (χ1n) is 5.94. The van der Waals surface area contributed by atoms with Crippen molar-refractivity contribution in [3.05, 3.63) is 24.0 Å². The van der Waals surface area contributed by atoms with Gasteiger partial charge in [0, 0.05) is 24.3 Å². The third-order valence-electron chi connectivity index (χ3n) is 2.80. The second-order valence-electron chi connectivity index (χ2n) is 4.27. The molecule has 2 rings (SSSR count). The van der Waals surface area contributed by atoms with Gasteiger partial charge in [0.1, 0.15) is 5.75 Å².